The fraction of sp³-hybridized carbons (Fsp3) is 0.212. The number of ether oxygens (including phenoxy) is 2. The van der Waals surface area contributed by atoms with Gasteiger partial charge < -0.3 is 19.0 Å². The van der Waals surface area contributed by atoms with E-state index in [2.05, 4.69) is 17.4 Å². The first-order valence-corrected chi connectivity index (χ1v) is 14.9. The van der Waals surface area contributed by atoms with E-state index in [4.69, 9.17) is 13.7 Å². The predicted octanol–water partition coefficient (Wildman–Crippen LogP) is 5.63. The minimum Gasteiger partial charge on any atom is -0.469 e. The Hall–Kier alpha value is -4.63. The number of fused-ring (bicyclic) bond motifs is 3. The van der Waals surface area contributed by atoms with Gasteiger partial charge in [-0.3, -0.25) is 4.79 Å². The van der Waals surface area contributed by atoms with Gasteiger partial charge in [0.15, 0.2) is 0 Å². The maximum absolute atomic E-state index is 12.6. The number of nitrogens with one attached hydrogen (secondary N) is 1. The molecule has 0 aromatic heterocycles. The molecule has 42 heavy (non-hydrogen) atoms. The smallest absolute Gasteiger partial charge is 0.407 e. The molecule has 0 aliphatic heterocycles. The van der Waals surface area contributed by atoms with Crippen LogP contribution in [0, 0.1) is 12.8 Å². The standard InChI is InChI=1S/C33H31NO7S/c1-22-11-17-26(18-12-22)42(37,38)41-25-15-13-23(14-16-25)19-24(32(35)39-2)20-34-33(36)40-21-31-29-9-5-3-7-27(29)28-8-4-6-10-30(28)31/h3-18,24,31H,19-21H2,1-2H3,(H,34,36). The van der Waals surface area contributed by atoms with Crippen molar-refractivity contribution in [3.63, 3.8) is 0 Å². The van der Waals surface area contributed by atoms with E-state index in [0.717, 1.165) is 33.4 Å². The van der Waals surface area contributed by atoms with Crippen LogP contribution in [0.2, 0.25) is 0 Å². The average molecular weight is 586 g/mol. The van der Waals surface area contributed by atoms with Crippen LogP contribution in [-0.4, -0.2) is 40.7 Å². The number of hydrogen-bond donors (Lipinski definition) is 1. The van der Waals surface area contributed by atoms with Gasteiger partial charge in [0.25, 0.3) is 0 Å². The molecular weight excluding hydrogens is 554 g/mol. The van der Waals surface area contributed by atoms with Crippen molar-refractivity contribution in [1.82, 2.24) is 5.32 Å². The highest BCUT2D eigenvalue weighted by molar-refractivity contribution is 7.87. The maximum Gasteiger partial charge on any atom is 0.407 e. The number of amides is 1. The third-order valence-corrected chi connectivity index (χ3v) is 8.55. The third kappa shape index (κ3) is 6.47. The van der Waals surface area contributed by atoms with E-state index in [1.54, 1.807) is 24.3 Å². The number of methoxy groups -OCH3 is 1. The summed E-state index contributed by atoms with van der Waals surface area (Å²) >= 11 is 0. The van der Waals surface area contributed by atoms with Crippen LogP contribution in [0.5, 0.6) is 5.75 Å². The molecule has 0 bridgehead atoms. The molecule has 0 saturated heterocycles. The molecule has 1 aliphatic rings. The minimum atomic E-state index is -3.98. The van der Waals surface area contributed by atoms with Crippen LogP contribution in [-0.2, 0) is 30.8 Å². The van der Waals surface area contributed by atoms with Crippen molar-refractivity contribution >= 4 is 22.2 Å². The number of rotatable bonds is 10. The summed E-state index contributed by atoms with van der Waals surface area (Å²) in [6.45, 7) is 2.03. The maximum atomic E-state index is 12.6. The van der Waals surface area contributed by atoms with Gasteiger partial charge in [0.2, 0.25) is 0 Å². The number of hydrogen-bond acceptors (Lipinski definition) is 7. The molecule has 5 rings (SSSR count). The largest absolute Gasteiger partial charge is 0.469 e. The quantitative estimate of drug-likeness (QED) is 0.190. The zero-order valence-corrected chi connectivity index (χ0v) is 24.1. The van der Waals surface area contributed by atoms with Crippen LogP contribution < -0.4 is 9.50 Å². The van der Waals surface area contributed by atoms with E-state index in [1.807, 2.05) is 43.3 Å². The van der Waals surface area contributed by atoms with Crippen molar-refractivity contribution in [3.8, 4) is 16.9 Å². The van der Waals surface area contributed by atoms with Gasteiger partial charge in [0, 0.05) is 12.5 Å². The fourth-order valence-corrected chi connectivity index (χ4v) is 6.04. The summed E-state index contributed by atoms with van der Waals surface area (Å²) in [7, 11) is -2.69. The van der Waals surface area contributed by atoms with Crippen molar-refractivity contribution in [3.05, 3.63) is 119 Å². The molecule has 1 amide bonds. The van der Waals surface area contributed by atoms with Gasteiger partial charge >= 0.3 is 22.2 Å². The van der Waals surface area contributed by atoms with Crippen LogP contribution in [0.15, 0.2) is 102 Å². The summed E-state index contributed by atoms with van der Waals surface area (Å²) in [5, 5.41) is 2.69. The van der Waals surface area contributed by atoms with Crippen molar-refractivity contribution in [2.75, 3.05) is 20.3 Å². The van der Waals surface area contributed by atoms with E-state index in [9.17, 15) is 18.0 Å². The van der Waals surface area contributed by atoms with Gasteiger partial charge in [-0.05, 0) is 65.4 Å². The lowest BCUT2D eigenvalue weighted by Crippen LogP contribution is -2.35. The van der Waals surface area contributed by atoms with Crippen LogP contribution in [0.4, 0.5) is 4.79 Å². The fourth-order valence-electron chi connectivity index (χ4n) is 5.11. The molecule has 4 aromatic rings. The molecule has 0 radical (unpaired) electrons. The second kappa shape index (κ2) is 12.5. The lowest BCUT2D eigenvalue weighted by atomic mass is 9.98. The summed E-state index contributed by atoms with van der Waals surface area (Å²) in [6, 6.07) is 28.9. The first-order valence-electron chi connectivity index (χ1n) is 13.5. The molecule has 1 atom stereocenters. The van der Waals surface area contributed by atoms with Crippen molar-refractivity contribution < 1.29 is 31.7 Å². The van der Waals surface area contributed by atoms with Crippen molar-refractivity contribution in [2.24, 2.45) is 5.92 Å². The molecule has 216 valence electrons. The SMILES string of the molecule is COC(=O)C(CNC(=O)OCC1c2ccccc2-c2ccccc21)Cc1ccc(OS(=O)(=O)c2ccc(C)cc2)cc1. The number of esters is 1. The number of alkyl carbamates (subject to hydrolysis) is 1. The highest BCUT2D eigenvalue weighted by atomic mass is 32.2. The lowest BCUT2D eigenvalue weighted by Gasteiger charge is -2.17. The zero-order chi connectivity index (χ0) is 29.7. The molecule has 0 spiro atoms. The molecule has 1 N–H and O–H groups in total. The number of carbonyl (C=O) groups excluding carboxylic acids is 2. The second-order valence-electron chi connectivity index (χ2n) is 10.1. The highest BCUT2D eigenvalue weighted by Gasteiger charge is 2.29. The molecular formula is C33H31NO7S. The molecule has 0 fully saturated rings. The monoisotopic (exact) mass is 585 g/mol. The summed E-state index contributed by atoms with van der Waals surface area (Å²) < 4.78 is 40.9. The van der Waals surface area contributed by atoms with E-state index in [-0.39, 0.29) is 36.1 Å². The van der Waals surface area contributed by atoms with E-state index < -0.39 is 28.1 Å². The Morgan fingerprint density at radius 3 is 2.02 bits per heavy atom. The average Bonchev–Trinajstić information content (AvgIpc) is 3.32. The Labute approximate surface area is 245 Å². The van der Waals surface area contributed by atoms with Crippen LogP contribution in [0.3, 0.4) is 0 Å². The Morgan fingerprint density at radius 2 is 1.43 bits per heavy atom. The van der Waals surface area contributed by atoms with Crippen LogP contribution in [0.25, 0.3) is 11.1 Å². The number of carbonyl (C=O) groups is 2. The van der Waals surface area contributed by atoms with E-state index in [0.29, 0.717) is 0 Å². The van der Waals surface area contributed by atoms with Gasteiger partial charge in [-0.2, -0.15) is 8.42 Å². The van der Waals surface area contributed by atoms with Gasteiger partial charge in [-0.25, -0.2) is 4.79 Å². The third-order valence-electron chi connectivity index (χ3n) is 7.29. The van der Waals surface area contributed by atoms with Gasteiger partial charge in [-0.15, -0.1) is 0 Å². The topological polar surface area (TPSA) is 108 Å². The van der Waals surface area contributed by atoms with Crippen molar-refractivity contribution in [2.45, 2.75) is 24.2 Å². The number of benzene rings is 4. The second-order valence-corrected chi connectivity index (χ2v) is 11.7. The predicted molar refractivity (Wildman–Crippen MR) is 158 cm³/mol. The molecule has 8 nitrogen and oxygen atoms in total. The molecule has 9 heteroatoms. The zero-order valence-electron chi connectivity index (χ0n) is 23.3. The number of aryl methyl sites for hydroxylation is 1. The Morgan fingerprint density at radius 1 is 0.833 bits per heavy atom. The van der Waals surface area contributed by atoms with Crippen LogP contribution >= 0.6 is 0 Å². The lowest BCUT2D eigenvalue weighted by molar-refractivity contribution is -0.145. The molecule has 1 unspecified atom stereocenters. The van der Waals surface area contributed by atoms with Gasteiger partial charge in [0.05, 0.1) is 13.0 Å². The van der Waals surface area contributed by atoms with Crippen molar-refractivity contribution in [1.29, 1.82) is 0 Å². The first-order chi connectivity index (χ1) is 20.2. The van der Waals surface area contributed by atoms with E-state index in [1.165, 1.54) is 31.4 Å². The first kappa shape index (κ1) is 28.9. The minimum absolute atomic E-state index is 0.00337. The van der Waals surface area contributed by atoms with E-state index >= 15 is 0 Å². The Kier molecular flexibility index (Phi) is 8.59. The summed E-state index contributed by atoms with van der Waals surface area (Å²) in [5.74, 6) is -1.10. The summed E-state index contributed by atoms with van der Waals surface area (Å²) in [5.41, 5.74) is 6.16. The summed E-state index contributed by atoms with van der Waals surface area (Å²) in [4.78, 5) is 25.2. The normalized spacial score (nSPS) is 13.0. The molecule has 1 aliphatic carbocycles. The van der Waals surface area contributed by atoms with Gasteiger partial charge in [0.1, 0.15) is 17.3 Å². The van der Waals surface area contributed by atoms with Crippen LogP contribution in [0.1, 0.15) is 28.2 Å². The molecule has 0 heterocycles. The Balaban J connectivity index is 1.17. The summed E-state index contributed by atoms with van der Waals surface area (Å²) in [6.07, 6.45) is -0.378. The highest BCUT2D eigenvalue weighted by Crippen LogP contribution is 2.44. The molecule has 0 saturated carbocycles. The molecule has 4 aromatic carbocycles. The van der Waals surface area contributed by atoms with Gasteiger partial charge in [-0.1, -0.05) is 78.4 Å². The Bertz CT molecular complexity index is 1640.